The molecule has 26 rings (SSSR count). The third-order valence-corrected chi connectivity index (χ3v) is 25.4. The van der Waals surface area contributed by atoms with Gasteiger partial charge >= 0.3 is 0 Å². The maximum Gasteiger partial charge on any atom is 0.160 e. The fraction of sp³-hybridized carbons (Fsp3) is 0.0270. The fourth-order valence-electron chi connectivity index (χ4n) is 18.1. The Labute approximate surface area is 711 Å². The first-order chi connectivity index (χ1) is 60.7. The molecule has 13 aromatic carbocycles. The van der Waals surface area contributed by atoms with Gasteiger partial charge in [-0.3, -0.25) is 4.57 Å². The second-order valence-electron chi connectivity index (χ2n) is 31.9. The molecular formula is C111H75N11S. The second-order valence-corrected chi connectivity index (χ2v) is 33.0. The van der Waals surface area contributed by atoms with Gasteiger partial charge in [-0.25, -0.2) is 28.0 Å². The van der Waals surface area contributed by atoms with Gasteiger partial charge in [0.15, 0.2) is 5.82 Å². The Morgan fingerprint density at radius 3 is 1.20 bits per heavy atom. The van der Waals surface area contributed by atoms with Crippen molar-refractivity contribution in [2.75, 3.05) is 0 Å². The molecule has 0 spiro atoms. The zero-order valence-corrected chi connectivity index (χ0v) is 68.0. The van der Waals surface area contributed by atoms with Crippen LogP contribution in [0.3, 0.4) is 0 Å². The van der Waals surface area contributed by atoms with Gasteiger partial charge in [-0.05, 0) is 149 Å². The molecule has 0 radical (unpaired) electrons. The molecule has 1 aliphatic rings. The molecule has 0 saturated carbocycles. The number of rotatable bonds is 8. The predicted octanol–water partition coefficient (Wildman–Crippen LogP) is 28.2. The summed E-state index contributed by atoms with van der Waals surface area (Å²) in [5.74, 6) is 0.943. The van der Waals surface area contributed by atoms with Gasteiger partial charge < -0.3 is 0 Å². The van der Waals surface area contributed by atoms with E-state index in [0.717, 1.165) is 123 Å². The Morgan fingerprint density at radius 1 is 0.228 bits per heavy atom. The topological polar surface area (TPSA) is 99.9 Å². The van der Waals surface area contributed by atoms with E-state index in [1.165, 1.54) is 91.3 Å². The number of fused-ring (bicyclic) bond motifs is 21. The summed E-state index contributed by atoms with van der Waals surface area (Å²) in [4.78, 5) is 9.97. The van der Waals surface area contributed by atoms with E-state index >= 15 is 0 Å². The lowest BCUT2D eigenvalue weighted by Gasteiger charge is -2.21. The van der Waals surface area contributed by atoms with Gasteiger partial charge in [-0.1, -0.05) is 311 Å². The van der Waals surface area contributed by atoms with Gasteiger partial charge in [0, 0.05) is 91.8 Å². The highest BCUT2D eigenvalue weighted by molar-refractivity contribution is 7.26. The number of pyridine rings is 6. The van der Waals surface area contributed by atoms with Crippen molar-refractivity contribution in [3.63, 3.8) is 0 Å². The van der Waals surface area contributed by atoms with E-state index < -0.39 is 0 Å². The van der Waals surface area contributed by atoms with E-state index in [0.29, 0.717) is 0 Å². The molecule has 123 heavy (non-hydrogen) atoms. The molecule has 12 aromatic heterocycles. The highest BCUT2D eigenvalue weighted by Gasteiger charge is 2.36. The van der Waals surface area contributed by atoms with Crippen LogP contribution in [0.5, 0.6) is 0 Å². The van der Waals surface area contributed by atoms with E-state index in [4.69, 9.17) is 30.4 Å². The predicted molar refractivity (Wildman–Crippen MR) is 509 cm³/mol. The van der Waals surface area contributed by atoms with Crippen molar-refractivity contribution in [2.45, 2.75) is 19.3 Å². The van der Waals surface area contributed by atoms with Gasteiger partial charge in [0.25, 0.3) is 0 Å². The molecule has 0 unspecified atom stereocenters. The summed E-state index contributed by atoms with van der Waals surface area (Å²) in [5.41, 5.74) is 31.0. The molecule has 12 heterocycles. The minimum Gasteiger partial charge on any atom is -0.292 e. The third kappa shape index (κ3) is 12.8. The fourth-order valence-corrected chi connectivity index (χ4v) is 19.3. The number of benzene rings is 13. The van der Waals surface area contributed by atoms with Crippen molar-refractivity contribution in [3.8, 4) is 95.7 Å². The van der Waals surface area contributed by atoms with Crippen LogP contribution in [0, 0.1) is 0 Å². The maximum atomic E-state index is 5.13. The molecule has 11 nitrogen and oxygen atoms in total. The molecular weight excluding hydrogens is 1520 g/mol. The Bertz CT molecular complexity index is 8070. The van der Waals surface area contributed by atoms with Crippen LogP contribution in [0.15, 0.2) is 419 Å². The second kappa shape index (κ2) is 29.8. The van der Waals surface area contributed by atoms with Crippen LogP contribution in [0.4, 0.5) is 0 Å². The SMILES string of the molecule is CC1(C)c2ccccc2-c2cc3c(cc21)c1ccccc1n3-c1cc2ccc3ccccc3n2n1.c1ccc(-c2cc(-c3cc4ccc5ccccc5n4n3)cc(-c3ccccc3)n2)cc1.c1ccc(-c2cc(-c3ccccc3)nc(-c3cc4ccc5ccccc5n4n3)c2)cc1.c1ccc2c(c1)ccc1cc(-c3cccc4c3sc3ccccc34)nn12. The van der Waals surface area contributed by atoms with Crippen molar-refractivity contribution in [2.24, 2.45) is 0 Å². The minimum absolute atomic E-state index is 0.0225. The molecule has 12 heteroatoms. The largest absolute Gasteiger partial charge is 0.292 e. The standard InChI is InChI=1S/C32H23N3.2C28H19N3.C23H14N2S/c1-32(2)26-12-6-4-10-22(26)24-19-30-25(18-27(24)32)23-11-5-8-14-29(23)34(30)31-17-21-16-15-20-9-3-7-13-28(20)35(21)33-31;1-3-9-20(10-4-1)25-17-23(18-26(29-25)21-11-5-2-6-12-21)27-19-24-16-15-22-13-7-8-14-28(22)31(24)30-27;1-3-9-20(10-4-1)23-17-25(21-11-5-2-6-12-21)29-26(18-23)27-19-24-16-15-22-13-7-8-14-28(22)31(24)30-27;1-3-10-21-15(6-1)12-13-16-14-20(24-25(16)21)19-9-5-8-18-17-7-2-4-11-22(17)26-23(18)19/h3-19H,1-2H3;2*1-19H;1-14H. The van der Waals surface area contributed by atoms with Crippen molar-refractivity contribution >= 4 is 119 Å². The van der Waals surface area contributed by atoms with Crippen LogP contribution >= 0.6 is 11.3 Å². The van der Waals surface area contributed by atoms with Gasteiger partial charge in [-0.15, -0.1) is 16.4 Å². The van der Waals surface area contributed by atoms with E-state index in [9.17, 15) is 0 Å². The Kier molecular flexibility index (Phi) is 17.5. The van der Waals surface area contributed by atoms with Crippen LogP contribution in [-0.2, 0) is 5.41 Å². The van der Waals surface area contributed by atoms with Gasteiger partial charge in [0.1, 0.15) is 5.69 Å². The summed E-state index contributed by atoms with van der Waals surface area (Å²) >= 11 is 1.85. The number of aromatic nitrogens is 11. The molecule has 580 valence electrons. The highest BCUT2D eigenvalue weighted by Crippen LogP contribution is 2.51. The number of nitrogens with zero attached hydrogens (tertiary/aromatic N) is 11. The smallest absolute Gasteiger partial charge is 0.160 e. The van der Waals surface area contributed by atoms with Crippen LogP contribution in [0.1, 0.15) is 25.0 Å². The lowest BCUT2D eigenvalue weighted by atomic mass is 9.82. The van der Waals surface area contributed by atoms with Gasteiger partial charge in [0.2, 0.25) is 0 Å². The van der Waals surface area contributed by atoms with Crippen LogP contribution < -0.4 is 0 Å². The van der Waals surface area contributed by atoms with Crippen LogP contribution in [-0.4, -0.2) is 53.0 Å². The Hall–Kier alpha value is -16.0. The van der Waals surface area contributed by atoms with Gasteiger partial charge in [0.05, 0.1) is 89.3 Å². The summed E-state index contributed by atoms with van der Waals surface area (Å²) in [7, 11) is 0. The number of hydrogen-bond acceptors (Lipinski definition) is 7. The minimum atomic E-state index is -0.0225. The van der Waals surface area contributed by atoms with Crippen molar-refractivity contribution in [1.82, 2.24) is 53.0 Å². The molecule has 25 aromatic rings. The van der Waals surface area contributed by atoms with Gasteiger partial charge in [-0.2, -0.15) is 15.3 Å². The Morgan fingerprint density at radius 2 is 0.634 bits per heavy atom. The summed E-state index contributed by atoms with van der Waals surface area (Å²) in [6.07, 6.45) is 0. The molecule has 0 bridgehead atoms. The summed E-state index contributed by atoms with van der Waals surface area (Å²) in [5, 5.41) is 29.9. The molecule has 0 amide bonds. The molecule has 0 saturated heterocycles. The third-order valence-electron chi connectivity index (χ3n) is 24.1. The average Bonchev–Trinajstić information content (AvgIpc) is 1.54. The molecule has 0 N–H and O–H groups in total. The van der Waals surface area contributed by atoms with E-state index in [1.807, 2.05) is 87.1 Å². The normalized spacial score (nSPS) is 12.2. The zero-order chi connectivity index (χ0) is 81.6. The lowest BCUT2D eigenvalue weighted by molar-refractivity contribution is 0.661. The van der Waals surface area contributed by atoms with Crippen molar-refractivity contribution in [1.29, 1.82) is 0 Å². The molecule has 1 aliphatic carbocycles. The first kappa shape index (κ1) is 72.2. The monoisotopic (exact) mass is 1590 g/mol. The first-order valence-corrected chi connectivity index (χ1v) is 42.4. The number of thiophene rings is 1. The highest BCUT2D eigenvalue weighted by atomic mass is 32.1. The lowest BCUT2D eigenvalue weighted by Crippen LogP contribution is -2.14. The molecule has 0 aliphatic heterocycles. The summed E-state index contributed by atoms with van der Waals surface area (Å²) in [6, 6.07) is 147. The average molecular weight is 1590 g/mol. The van der Waals surface area contributed by atoms with E-state index in [1.54, 1.807) is 0 Å². The van der Waals surface area contributed by atoms with Crippen molar-refractivity contribution < 1.29 is 0 Å². The number of para-hydroxylation sites is 5. The molecule has 0 atom stereocenters. The van der Waals surface area contributed by atoms with E-state index in [-0.39, 0.29) is 5.41 Å². The van der Waals surface area contributed by atoms with E-state index in [2.05, 4.69) is 379 Å². The summed E-state index contributed by atoms with van der Waals surface area (Å²) < 4.78 is 13.1. The zero-order valence-electron chi connectivity index (χ0n) is 67.2. The maximum absolute atomic E-state index is 5.13. The van der Waals surface area contributed by atoms with Crippen LogP contribution in [0.2, 0.25) is 0 Å². The quantitative estimate of drug-likeness (QED) is 0.150. The summed E-state index contributed by atoms with van der Waals surface area (Å²) in [6.45, 7) is 4.69. The number of hydrogen-bond donors (Lipinski definition) is 0. The van der Waals surface area contributed by atoms with Crippen molar-refractivity contribution in [3.05, 3.63) is 430 Å². The molecule has 0 fully saturated rings. The van der Waals surface area contributed by atoms with Crippen LogP contribution in [0.25, 0.3) is 203 Å². The Balaban J connectivity index is 0.0000000954. The first-order valence-electron chi connectivity index (χ1n) is 41.6.